The molecule has 0 saturated heterocycles. The van der Waals surface area contributed by atoms with Crippen molar-refractivity contribution in [3.63, 3.8) is 0 Å². The second-order valence-electron chi connectivity index (χ2n) is 13.0. The van der Waals surface area contributed by atoms with Gasteiger partial charge in [0.25, 0.3) is 0 Å². The Hall–Kier alpha value is -3.66. The van der Waals surface area contributed by atoms with E-state index in [0.717, 1.165) is 29.6 Å². The summed E-state index contributed by atoms with van der Waals surface area (Å²) in [6.07, 6.45) is 9.16. The summed E-state index contributed by atoms with van der Waals surface area (Å²) < 4.78 is 12.2. The minimum absolute atomic E-state index is 0.0184. The van der Waals surface area contributed by atoms with Gasteiger partial charge >= 0.3 is 0 Å². The van der Waals surface area contributed by atoms with Gasteiger partial charge in [-0.05, 0) is 99.3 Å². The molecular formula is C40H54O4. The van der Waals surface area contributed by atoms with Crippen LogP contribution in [0, 0.1) is 17.3 Å². The van der Waals surface area contributed by atoms with E-state index in [4.69, 9.17) is 9.47 Å². The number of hydrogen-bond donors (Lipinski definition) is 0. The maximum Gasteiger partial charge on any atom is 0.200 e. The number of carbonyl (C=O) groups is 2. The zero-order valence-corrected chi connectivity index (χ0v) is 28.9. The van der Waals surface area contributed by atoms with Gasteiger partial charge in [-0.15, -0.1) is 0 Å². The van der Waals surface area contributed by atoms with Gasteiger partial charge in [-0.1, -0.05) is 89.6 Å². The Labute approximate surface area is 267 Å². The number of ether oxygens (including phenoxy) is 2. The maximum absolute atomic E-state index is 15.2. The quantitative estimate of drug-likeness (QED) is 0.140. The van der Waals surface area contributed by atoms with Crippen LogP contribution in [0.4, 0.5) is 0 Å². The van der Waals surface area contributed by atoms with Crippen LogP contribution in [-0.2, 0) is 14.3 Å². The first-order chi connectivity index (χ1) is 20.7. The molecule has 2 atom stereocenters. The molecule has 0 N–H and O–H groups in total. The van der Waals surface area contributed by atoms with E-state index < -0.39 is 5.41 Å². The Bertz CT molecular complexity index is 1340. The third kappa shape index (κ3) is 8.94. The van der Waals surface area contributed by atoms with Gasteiger partial charge in [-0.3, -0.25) is 9.59 Å². The van der Waals surface area contributed by atoms with Crippen molar-refractivity contribution in [3.8, 4) is 0 Å². The molecule has 1 aromatic carbocycles. The maximum atomic E-state index is 15.2. The van der Waals surface area contributed by atoms with Crippen molar-refractivity contribution in [2.45, 2.75) is 87.5 Å². The van der Waals surface area contributed by atoms with Gasteiger partial charge in [-0.2, -0.15) is 0 Å². The number of Topliss-reactive ketones (excluding diaryl/α,β-unsaturated/α-hetero) is 2. The van der Waals surface area contributed by atoms with Crippen molar-refractivity contribution >= 4 is 11.6 Å². The topological polar surface area (TPSA) is 52.6 Å². The normalized spacial score (nSPS) is 17.8. The Morgan fingerprint density at radius 1 is 0.773 bits per heavy atom. The highest BCUT2D eigenvalue weighted by Gasteiger charge is 2.53. The summed E-state index contributed by atoms with van der Waals surface area (Å²) >= 11 is 0. The smallest absolute Gasteiger partial charge is 0.200 e. The van der Waals surface area contributed by atoms with Crippen LogP contribution in [0.5, 0.6) is 0 Å². The molecule has 0 amide bonds. The fraction of sp³-hybridized carbons (Fsp3) is 0.450. The highest BCUT2D eigenvalue weighted by molar-refractivity contribution is 6.16. The lowest BCUT2D eigenvalue weighted by atomic mass is 9.61. The van der Waals surface area contributed by atoms with Crippen molar-refractivity contribution in [1.29, 1.82) is 0 Å². The number of hydrogen-bond acceptors (Lipinski definition) is 4. The lowest BCUT2D eigenvalue weighted by Gasteiger charge is -2.43. The molecule has 0 bridgehead atoms. The fourth-order valence-corrected chi connectivity index (χ4v) is 5.91. The van der Waals surface area contributed by atoms with E-state index >= 15 is 4.79 Å². The van der Waals surface area contributed by atoms with Gasteiger partial charge in [0, 0.05) is 11.1 Å². The van der Waals surface area contributed by atoms with Crippen molar-refractivity contribution in [2.75, 3.05) is 14.2 Å². The second-order valence-corrected chi connectivity index (χ2v) is 13.0. The number of rotatable bonds is 16. The highest BCUT2D eigenvalue weighted by atomic mass is 16.5. The molecule has 1 aliphatic carbocycles. The van der Waals surface area contributed by atoms with Crippen LogP contribution in [0.2, 0.25) is 0 Å². The van der Waals surface area contributed by atoms with Crippen LogP contribution in [0.15, 0.2) is 112 Å². The highest BCUT2D eigenvalue weighted by Crippen LogP contribution is 2.53. The van der Waals surface area contributed by atoms with Gasteiger partial charge < -0.3 is 9.47 Å². The first kappa shape index (κ1) is 36.5. The molecule has 2 unspecified atom stereocenters. The van der Waals surface area contributed by atoms with Crippen LogP contribution >= 0.6 is 0 Å². The number of carbonyl (C=O) groups excluding carboxylic acids is 2. The number of methoxy groups -OCH3 is 2. The van der Waals surface area contributed by atoms with Crippen molar-refractivity contribution < 1.29 is 19.1 Å². The number of benzene rings is 1. The summed E-state index contributed by atoms with van der Waals surface area (Å²) in [4.78, 5) is 29.7. The monoisotopic (exact) mass is 598 g/mol. The molecule has 2 rings (SSSR count). The standard InChI is InChI=1S/C40H54O4/c1-26(2)18-21-32(29(7)8)24-40(25-33(30(9)10)22-19-27(3)4)38(42)34(23-20-28(5)6)37(43-11)35(39(40)44-12)36(41)31-16-14-13-15-17-31/h13-20,32-33H,7,9,21-25H2,1-6,8,10-12H3. The molecule has 0 fully saturated rings. The third-order valence-corrected chi connectivity index (χ3v) is 8.46. The van der Waals surface area contributed by atoms with E-state index in [1.807, 2.05) is 52.0 Å². The molecule has 4 nitrogen and oxygen atoms in total. The van der Waals surface area contributed by atoms with E-state index in [1.54, 1.807) is 19.2 Å². The molecule has 238 valence electrons. The summed E-state index contributed by atoms with van der Waals surface area (Å²) in [5.74, 6) is 0.353. The minimum atomic E-state index is -1.14. The first-order valence-electron chi connectivity index (χ1n) is 15.6. The molecule has 0 heterocycles. The molecule has 0 aromatic heterocycles. The summed E-state index contributed by atoms with van der Waals surface area (Å²) in [6.45, 7) is 25.1. The molecule has 0 spiro atoms. The van der Waals surface area contributed by atoms with Crippen LogP contribution in [0.25, 0.3) is 0 Å². The average Bonchev–Trinajstić information content (AvgIpc) is 2.96. The predicted molar refractivity (Wildman–Crippen MR) is 184 cm³/mol. The van der Waals surface area contributed by atoms with Gasteiger partial charge in [0.1, 0.15) is 17.1 Å². The predicted octanol–water partition coefficient (Wildman–Crippen LogP) is 10.5. The number of allylic oxidation sites excluding steroid dienone is 11. The molecule has 4 heteroatoms. The summed E-state index contributed by atoms with van der Waals surface area (Å²) in [6, 6.07) is 9.15. The Balaban J connectivity index is 3.09. The van der Waals surface area contributed by atoms with Crippen molar-refractivity contribution in [1.82, 2.24) is 0 Å². The van der Waals surface area contributed by atoms with Crippen molar-refractivity contribution in [2.24, 2.45) is 17.3 Å². The van der Waals surface area contributed by atoms with Gasteiger partial charge in [-0.25, -0.2) is 0 Å². The summed E-state index contributed by atoms with van der Waals surface area (Å²) in [5, 5.41) is 0. The number of ketones is 2. The first-order valence-corrected chi connectivity index (χ1v) is 15.6. The van der Waals surface area contributed by atoms with Crippen LogP contribution in [0.1, 0.15) is 97.9 Å². The third-order valence-electron chi connectivity index (χ3n) is 8.46. The minimum Gasteiger partial charge on any atom is -0.499 e. The largest absolute Gasteiger partial charge is 0.499 e. The molecule has 1 aromatic rings. The van der Waals surface area contributed by atoms with E-state index in [1.165, 1.54) is 18.3 Å². The van der Waals surface area contributed by atoms with Gasteiger partial charge in [0.2, 0.25) is 0 Å². The van der Waals surface area contributed by atoms with Gasteiger partial charge in [0.05, 0.1) is 19.6 Å². The Morgan fingerprint density at radius 3 is 1.64 bits per heavy atom. The average molecular weight is 599 g/mol. The van der Waals surface area contributed by atoms with E-state index in [2.05, 4.69) is 53.0 Å². The fourth-order valence-electron chi connectivity index (χ4n) is 5.91. The lowest BCUT2D eigenvalue weighted by Crippen LogP contribution is -2.44. The van der Waals surface area contributed by atoms with Crippen LogP contribution in [0.3, 0.4) is 0 Å². The van der Waals surface area contributed by atoms with Gasteiger partial charge in [0.15, 0.2) is 11.6 Å². The molecule has 1 aliphatic rings. The summed E-state index contributed by atoms with van der Waals surface area (Å²) in [5.41, 5.74) is 5.67. The van der Waals surface area contributed by atoms with E-state index in [0.29, 0.717) is 47.5 Å². The molecule has 0 saturated carbocycles. The van der Waals surface area contributed by atoms with E-state index in [-0.39, 0.29) is 23.4 Å². The molecule has 44 heavy (non-hydrogen) atoms. The van der Waals surface area contributed by atoms with Crippen molar-refractivity contribution in [3.05, 3.63) is 118 Å². The second kappa shape index (κ2) is 16.4. The van der Waals surface area contributed by atoms with E-state index in [9.17, 15) is 4.79 Å². The molecule has 0 aliphatic heterocycles. The Kier molecular flexibility index (Phi) is 13.6. The molecule has 0 radical (unpaired) electrons. The van der Waals surface area contributed by atoms with Crippen LogP contribution in [-0.4, -0.2) is 25.8 Å². The van der Waals surface area contributed by atoms with Crippen LogP contribution < -0.4 is 0 Å². The zero-order chi connectivity index (χ0) is 33.2. The SMILES string of the molecule is C=C(C)C(CC=C(C)C)CC1(CC(CC=C(C)C)C(=C)C)C(=O)C(CC=C(C)C)=C(OC)C(C(=O)c2ccccc2)=C1OC. The molecular weight excluding hydrogens is 544 g/mol. The summed E-state index contributed by atoms with van der Waals surface area (Å²) in [7, 11) is 3.10. The lowest BCUT2D eigenvalue weighted by molar-refractivity contribution is -0.127. The Morgan fingerprint density at radius 2 is 1.25 bits per heavy atom. The zero-order valence-electron chi connectivity index (χ0n) is 28.9.